The Morgan fingerprint density at radius 1 is 1.22 bits per heavy atom. The molecule has 0 radical (unpaired) electrons. The molecule has 2 N–H and O–H groups in total. The second-order valence-corrected chi connectivity index (χ2v) is 7.36. The van der Waals surface area contributed by atoms with Gasteiger partial charge in [-0.05, 0) is 52.4 Å². The molecule has 1 aliphatic rings. The van der Waals surface area contributed by atoms with E-state index < -0.39 is 11.7 Å². The fourth-order valence-corrected chi connectivity index (χ4v) is 2.64. The van der Waals surface area contributed by atoms with Gasteiger partial charge >= 0.3 is 6.09 Å². The van der Waals surface area contributed by atoms with Crippen molar-refractivity contribution in [2.75, 3.05) is 40.1 Å². The van der Waals surface area contributed by atoms with Crippen molar-refractivity contribution in [3.63, 3.8) is 0 Å². The third-order valence-electron chi connectivity index (χ3n) is 4.12. The number of aliphatic hydroxyl groups is 1. The average Bonchev–Trinajstić information content (AvgIpc) is 3.29. The molecule has 1 fully saturated rings. The first kappa shape index (κ1) is 20.2. The molecule has 23 heavy (non-hydrogen) atoms. The number of aliphatic hydroxyl groups excluding tert-OH is 1. The van der Waals surface area contributed by atoms with Crippen LogP contribution in [0.25, 0.3) is 0 Å². The highest BCUT2D eigenvalue weighted by molar-refractivity contribution is 5.67. The van der Waals surface area contributed by atoms with Gasteiger partial charge in [0.25, 0.3) is 0 Å². The topological polar surface area (TPSA) is 77.0 Å². The maximum Gasteiger partial charge on any atom is 0.407 e. The number of carbonyl (C=O) groups excluding carboxylic acids is 1. The largest absolute Gasteiger partial charge is 0.444 e. The summed E-state index contributed by atoms with van der Waals surface area (Å²) in [5, 5.41) is 12.7. The van der Waals surface area contributed by atoms with Crippen molar-refractivity contribution in [3.05, 3.63) is 0 Å². The lowest BCUT2D eigenvalue weighted by Gasteiger charge is -2.32. The first-order chi connectivity index (χ1) is 10.8. The molecule has 0 aromatic carbocycles. The lowest BCUT2D eigenvalue weighted by Crippen LogP contribution is -2.44. The average molecular weight is 331 g/mol. The van der Waals surface area contributed by atoms with Gasteiger partial charge in [0, 0.05) is 38.9 Å². The monoisotopic (exact) mass is 331 g/mol. The SMILES string of the molecule is COCCCOCCC(CO)(CNC(=O)OC(C)(C)C)C1CC1. The molecule has 0 spiro atoms. The van der Waals surface area contributed by atoms with Gasteiger partial charge in [-0.3, -0.25) is 0 Å². The van der Waals surface area contributed by atoms with Crippen molar-refractivity contribution < 1.29 is 24.1 Å². The minimum Gasteiger partial charge on any atom is -0.444 e. The predicted molar refractivity (Wildman–Crippen MR) is 88.4 cm³/mol. The second kappa shape index (κ2) is 9.45. The van der Waals surface area contributed by atoms with E-state index in [4.69, 9.17) is 14.2 Å². The summed E-state index contributed by atoms with van der Waals surface area (Å²) in [6.45, 7) is 7.89. The van der Waals surface area contributed by atoms with Crippen molar-refractivity contribution in [2.24, 2.45) is 11.3 Å². The Balaban J connectivity index is 2.40. The first-order valence-corrected chi connectivity index (χ1v) is 8.47. The molecule has 0 heterocycles. The van der Waals surface area contributed by atoms with E-state index in [1.54, 1.807) is 7.11 Å². The predicted octanol–water partition coefficient (Wildman–Crippen LogP) is 2.34. The number of rotatable bonds is 11. The van der Waals surface area contributed by atoms with Crippen LogP contribution in [0.15, 0.2) is 0 Å². The van der Waals surface area contributed by atoms with Crippen LogP contribution in [0.5, 0.6) is 0 Å². The van der Waals surface area contributed by atoms with Gasteiger partial charge in [0.05, 0.1) is 6.61 Å². The Kier molecular flexibility index (Phi) is 8.29. The van der Waals surface area contributed by atoms with E-state index in [0.717, 1.165) is 25.7 Å². The standard InChI is InChI=1S/C17H33NO5/c1-16(2,3)23-15(20)18-12-17(13-19,14-6-7-14)8-11-22-10-5-9-21-4/h14,19H,5-13H2,1-4H3,(H,18,20). The number of hydrogen-bond donors (Lipinski definition) is 2. The highest BCUT2D eigenvalue weighted by atomic mass is 16.6. The zero-order valence-corrected chi connectivity index (χ0v) is 15.0. The van der Waals surface area contributed by atoms with Crippen LogP contribution in [0.2, 0.25) is 0 Å². The lowest BCUT2D eigenvalue weighted by atomic mass is 9.80. The molecular weight excluding hydrogens is 298 g/mol. The third kappa shape index (κ3) is 7.99. The van der Waals surface area contributed by atoms with Gasteiger partial charge in [-0.15, -0.1) is 0 Å². The molecule has 1 atom stereocenters. The molecule has 0 aromatic rings. The summed E-state index contributed by atoms with van der Waals surface area (Å²) in [4.78, 5) is 11.9. The van der Waals surface area contributed by atoms with Crippen LogP contribution >= 0.6 is 0 Å². The van der Waals surface area contributed by atoms with Crippen molar-refractivity contribution in [1.82, 2.24) is 5.32 Å². The third-order valence-corrected chi connectivity index (χ3v) is 4.12. The van der Waals surface area contributed by atoms with Crippen LogP contribution in [0, 0.1) is 11.3 Å². The van der Waals surface area contributed by atoms with E-state index in [-0.39, 0.29) is 12.0 Å². The van der Waals surface area contributed by atoms with Crippen molar-refractivity contribution >= 4 is 6.09 Å². The molecule has 136 valence electrons. The minimum atomic E-state index is -0.518. The van der Waals surface area contributed by atoms with Crippen molar-refractivity contribution in [2.45, 2.75) is 52.1 Å². The van der Waals surface area contributed by atoms with Gasteiger partial charge in [0.1, 0.15) is 5.60 Å². The molecule has 6 nitrogen and oxygen atoms in total. The molecule has 0 bridgehead atoms. The molecule has 1 aliphatic carbocycles. The van der Waals surface area contributed by atoms with Gasteiger partial charge in [-0.1, -0.05) is 0 Å². The smallest absolute Gasteiger partial charge is 0.407 e. The number of amides is 1. The number of methoxy groups -OCH3 is 1. The zero-order valence-electron chi connectivity index (χ0n) is 15.0. The van der Waals surface area contributed by atoms with E-state index in [0.29, 0.717) is 32.3 Å². The summed E-state index contributed by atoms with van der Waals surface area (Å²) in [6, 6.07) is 0. The minimum absolute atomic E-state index is 0.0505. The van der Waals surface area contributed by atoms with Gasteiger partial charge < -0.3 is 24.6 Å². The summed E-state index contributed by atoms with van der Waals surface area (Å²) >= 11 is 0. The number of carbonyl (C=O) groups is 1. The molecule has 0 aromatic heterocycles. The number of alkyl carbamates (subject to hydrolysis) is 1. The molecule has 1 saturated carbocycles. The summed E-state index contributed by atoms with van der Waals surface area (Å²) in [5.41, 5.74) is -0.825. The van der Waals surface area contributed by atoms with Gasteiger partial charge in [0.15, 0.2) is 0 Å². The fourth-order valence-electron chi connectivity index (χ4n) is 2.64. The fraction of sp³-hybridized carbons (Fsp3) is 0.941. The van der Waals surface area contributed by atoms with Crippen LogP contribution < -0.4 is 5.32 Å². The van der Waals surface area contributed by atoms with Crippen LogP contribution in [0.3, 0.4) is 0 Å². The highest BCUT2D eigenvalue weighted by Gasteiger charge is 2.44. The van der Waals surface area contributed by atoms with Gasteiger partial charge in [-0.25, -0.2) is 4.79 Å². The van der Waals surface area contributed by atoms with Crippen LogP contribution in [0.4, 0.5) is 4.79 Å². The molecule has 6 heteroatoms. The Labute approximate surface area is 139 Å². The first-order valence-electron chi connectivity index (χ1n) is 8.47. The molecule has 1 unspecified atom stereocenters. The Morgan fingerprint density at radius 2 is 1.91 bits per heavy atom. The molecule has 0 saturated heterocycles. The Hall–Kier alpha value is -0.850. The molecular formula is C17H33NO5. The Morgan fingerprint density at radius 3 is 2.43 bits per heavy atom. The zero-order chi connectivity index (χ0) is 17.3. The summed E-state index contributed by atoms with van der Waals surface area (Å²) < 4.78 is 15.9. The molecule has 0 aliphatic heterocycles. The summed E-state index contributed by atoms with van der Waals surface area (Å²) in [5.74, 6) is 0.449. The van der Waals surface area contributed by atoms with Crippen LogP contribution in [-0.2, 0) is 14.2 Å². The summed E-state index contributed by atoms with van der Waals surface area (Å²) in [6.07, 6.45) is 3.36. The van der Waals surface area contributed by atoms with E-state index >= 15 is 0 Å². The van der Waals surface area contributed by atoms with Crippen LogP contribution in [0.1, 0.15) is 46.5 Å². The van der Waals surface area contributed by atoms with Crippen LogP contribution in [-0.4, -0.2) is 56.9 Å². The maximum atomic E-state index is 11.9. The Bertz CT molecular complexity index is 351. The number of hydrogen-bond acceptors (Lipinski definition) is 5. The van der Waals surface area contributed by atoms with Gasteiger partial charge in [-0.2, -0.15) is 0 Å². The number of nitrogens with one attached hydrogen (secondary N) is 1. The molecule has 1 rings (SSSR count). The maximum absolute atomic E-state index is 11.9. The second-order valence-electron chi connectivity index (χ2n) is 7.36. The normalized spacial score (nSPS) is 17.6. The highest BCUT2D eigenvalue weighted by Crippen LogP contribution is 2.47. The summed E-state index contributed by atoms with van der Waals surface area (Å²) in [7, 11) is 1.67. The van der Waals surface area contributed by atoms with E-state index in [1.165, 1.54) is 0 Å². The van der Waals surface area contributed by atoms with Gasteiger partial charge in [0.2, 0.25) is 0 Å². The van der Waals surface area contributed by atoms with Crippen molar-refractivity contribution in [3.8, 4) is 0 Å². The van der Waals surface area contributed by atoms with E-state index in [9.17, 15) is 9.90 Å². The lowest BCUT2D eigenvalue weighted by molar-refractivity contribution is 0.0259. The quantitative estimate of drug-likeness (QED) is 0.568. The molecule has 1 amide bonds. The number of ether oxygens (including phenoxy) is 3. The van der Waals surface area contributed by atoms with E-state index in [1.807, 2.05) is 20.8 Å². The van der Waals surface area contributed by atoms with Crippen molar-refractivity contribution in [1.29, 1.82) is 0 Å². The van der Waals surface area contributed by atoms with E-state index in [2.05, 4.69) is 5.32 Å².